The second-order valence-corrected chi connectivity index (χ2v) is 10.4. The van der Waals surface area contributed by atoms with Gasteiger partial charge in [0.15, 0.2) is 0 Å². The summed E-state index contributed by atoms with van der Waals surface area (Å²) >= 11 is 1.92. The van der Waals surface area contributed by atoms with Crippen molar-refractivity contribution >= 4 is 19.4 Å². The Morgan fingerprint density at radius 1 is 1.00 bits per heavy atom. The summed E-state index contributed by atoms with van der Waals surface area (Å²) < 4.78 is 16.0. The molecule has 0 fully saturated rings. The molecule has 2 rings (SSSR count). The molecule has 2 aromatic carbocycles. The number of nitrogens with one attached hydrogen (secondary N) is 1. The number of hydrogen-bond acceptors (Lipinski definition) is 4. The van der Waals surface area contributed by atoms with Gasteiger partial charge in [-0.1, -0.05) is 30.7 Å². The van der Waals surface area contributed by atoms with Gasteiger partial charge in [0, 0.05) is 11.4 Å². The number of thioether (sulfide) groups is 1. The fourth-order valence-corrected chi connectivity index (χ4v) is 4.80. The number of methoxy groups -OCH3 is 1. The molecule has 0 amide bonds. The van der Waals surface area contributed by atoms with Crippen LogP contribution in [0.25, 0.3) is 0 Å². The van der Waals surface area contributed by atoms with Crippen molar-refractivity contribution in [2.75, 3.05) is 25.6 Å². The van der Waals surface area contributed by atoms with E-state index in [1.165, 1.54) is 40.8 Å². The zero-order valence-electron chi connectivity index (χ0n) is 18.0. The van der Waals surface area contributed by atoms with Crippen LogP contribution in [0.2, 0.25) is 0 Å². The molecule has 0 spiro atoms. The van der Waals surface area contributed by atoms with E-state index in [2.05, 4.69) is 42.6 Å². The molecule has 0 aromatic heterocycles. The molecule has 0 heterocycles. The normalized spacial score (nSPS) is 11.6. The maximum absolute atomic E-state index is 10.8. The lowest BCUT2D eigenvalue weighted by Crippen LogP contribution is -2.15. The molecule has 0 aliphatic rings. The Hall–Kier alpha value is -1.30. The second kappa shape index (κ2) is 13.2. The molecule has 0 saturated carbocycles. The predicted molar refractivity (Wildman–Crippen MR) is 126 cm³/mol. The highest BCUT2D eigenvalue weighted by molar-refractivity contribution is 7.99. The van der Waals surface area contributed by atoms with Gasteiger partial charge in [-0.15, -0.1) is 11.8 Å². The molecular formula is C23H34NO4PS. The highest BCUT2D eigenvalue weighted by atomic mass is 32.2. The lowest BCUT2D eigenvalue weighted by atomic mass is 10.1. The summed E-state index contributed by atoms with van der Waals surface area (Å²) in [4.78, 5) is 19.1. The third-order valence-corrected chi connectivity index (χ3v) is 7.06. The van der Waals surface area contributed by atoms with Crippen molar-refractivity contribution in [3.05, 3.63) is 59.2 Å². The van der Waals surface area contributed by atoms with Gasteiger partial charge in [0.25, 0.3) is 0 Å². The van der Waals surface area contributed by atoms with Crippen molar-refractivity contribution < 1.29 is 19.1 Å². The number of unbranched alkanes of at least 4 members (excludes halogenated alkanes) is 2. The molecular weight excluding hydrogens is 417 g/mol. The van der Waals surface area contributed by atoms with Crippen LogP contribution in [0.4, 0.5) is 0 Å². The van der Waals surface area contributed by atoms with Crippen molar-refractivity contribution in [1.29, 1.82) is 0 Å². The predicted octanol–water partition coefficient (Wildman–Crippen LogP) is 5.17. The first-order valence-corrected chi connectivity index (χ1v) is 13.3. The van der Waals surface area contributed by atoms with Gasteiger partial charge in [-0.2, -0.15) is 0 Å². The van der Waals surface area contributed by atoms with Crippen LogP contribution in [0.15, 0.2) is 47.4 Å². The van der Waals surface area contributed by atoms with E-state index in [9.17, 15) is 4.57 Å². The molecule has 30 heavy (non-hydrogen) atoms. The zero-order chi connectivity index (χ0) is 21.8. The molecule has 0 unspecified atom stereocenters. The Balaban J connectivity index is 1.60. The van der Waals surface area contributed by atoms with Gasteiger partial charge in [0.1, 0.15) is 5.75 Å². The van der Waals surface area contributed by atoms with E-state index >= 15 is 0 Å². The summed E-state index contributed by atoms with van der Waals surface area (Å²) in [5.74, 6) is 2.04. The standard InChI is InChI=1S/C23H34NO4PS/c1-19-17-21(18-24-14-6-15-29(25,26)27)10-13-23(19)30-16-5-3-4-7-20-8-11-22(28-2)12-9-20/h8-13,17,24H,3-7,14-16,18H2,1-2H3,(H2,25,26,27). The van der Waals surface area contributed by atoms with Crippen molar-refractivity contribution in [3.8, 4) is 5.75 Å². The van der Waals surface area contributed by atoms with Crippen LogP contribution < -0.4 is 10.1 Å². The Kier molecular flexibility index (Phi) is 11.0. The molecule has 166 valence electrons. The second-order valence-electron chi connectivity index (χ2n) is 7.53. The van der Waals surface area contributed by atoms with Crippen LogP contribution in [0.5, 0.6) is 5.75 Å². The molecule has 0 bridgehead atoms. The quantitative estimate of drug-likeness (QED) is 0.209. The van der Waals surface area contributed by atoms with Crippen molar-refractivity contribution in [3.63, 3.8) is 0 Å². The smallest absolute Gasteiger partial charge is 0.325 e. The molecule has 0 saturated heterocycles. The van der Waals surface area contributed by atoms with Crippen LogP contribution in [0.3, 0.4) is 0 Å². The minimum atomic E-state index is -3.88. The monoisotopic (exact) mass is 451 g/mol. The average Bonchev–Trinajstić information content (AvgIpc) is 2.71. The molecule has 0 aliphatic heterocycles. The highest BCUT2D eigenvalue weighted by Crippen LogP contribution is 2.34. The van der Waals surface area contributed by atoms with Crippen LogP contribution in [0, 0.1) is 6.92 Å². The topological polar surface area (TPSA) is 78.8 Å². The van der Waals surface area contributed by atoms with Crippen LogP contribution in [0.1, 0.15) is 42.4 Å². The number of ether oxygens (including phenoxy) is 1. The van der Waals surface area contributed by atoms with Gasteiger partial charge in [0.05, 0.1) is 13.3 Å². The Labute approximate surface area is 184 Å². The summed E-state index contributed by atoms with van der Waals surface area (Å²) in [5.41, 5.74) is 3.85. The zero-order valence-corrected chi connectivity index (χ0v) is 19.7. The Morgan fingerprint density at radius 3 is 2.40 bits per heavy atom. The SMILES string of the molecule is COc1ccc(CCCCCSc2ccc(CNCCCP(=O)(O)O)cc2C)cc1. The summed E-state index contributed by atoms with van der Waals surface area (Å²) in [7, 11) is -2.18. The maximum atomic E-state index is 10.8. The van der Waals surface area contributed by atoms with E-state index in [4.69, 9.17) is 14.5 Å². The molecule has 2 aromatic rings. The largest absolute Gasteiger partial charge is 0.497 e. The molecule has 3 N–H and O–H groups in total. The number of aryl methyl sites for hydroxylation is 2. The van der Waals surface area contributed by atoms with E-state index in [0.29, 0.717) is 13.0 Å². The van der Waals surface area contributed by atoms with E-state index in [0.717, 1.165) is 24.5 Å². The molecule has 0 aliphatic carbocycles. The average molecular weight is 452 g/mol. The maximum Gasteiger partial charge on any atom is 0.325 e. The van der Waals surface area contributed by atoms with Gasteiger partial charge < -0.3 is 19.8 Å². The first-order valence-electron chi connectivity index (χ1n) is 10.5. The number of benzene rings is 2. The number of rotatable bonds is 14. The Bertz CT molecular complexity index is 807. The molecule has 0 radical (unpaired) electrons. The minimum absolute atomic E-state index is 0.0608. The highest BCUT2D eigenvalue weighted by Gasteiger charge is 2.11. The molecule has 0 atom stereocenters. The fourth-order valence-electron chi connectivity index (χ4n) is 3.21. The van der Waals surface area contributed by atoms with Gasteiger partial charge in [-0.25, -0.2) is 0 Å². The van der Waals surface area contributed by atoms with Gasteiger partial charge in [0.2, 0.25) is 0 Å². The van der Waals surface area contributed by atoms with Crippen molar-refractivity contribution in [1.82, 2.24) is 5.32 Å². The summed E-state index contributed by atoms with van der Waals surface area (Å²) in [6.07, 6.45) is 5.18. The van der Waals surface area contributed by atoms with Gasteiger partial charge in [-0.05, 0) is 79.8 Å². The van der Waals surface area contributed by atoms with Gasteiger partial charge >= 0.3 is 7.60 Å². The first-order chi connectivity index (χ1) is 14.4. The van der Waals surface area contributed by atoms with Crippen LogP contribution in [-0.2, 0) is 17.5 Å². The van der Waals surface area contributed by atoms with Crippen LogP contribution >= 0.6 is 19.4 Å². The minimum Gasteiger partial charge on any atom is -0.497 e. The van der Waals surface area contributed by atoms with Crippen molar-refractivity contribution in [2.45, 2.75) is 50.5 Å². The lowest BCUT2D eigenvalue weighted by molar-refractivity contribution is 0.371. The molecule has 7 heteroatoms. The van der Waals surface area contributed by atoms with Gasteiger partial charge in [-0.3, -0.25) is 4.57 Å². The van der Waals surface area contributed by atoms with Crippen LogP contribution in [-0.4, -0.2) is 35.4 Å². The summed E-state index contributed by atoms with van der Waals surface area (Å²) in [5, 5.41) is 3.25. The summed E-state index contributed by atoms with van der Waals surface area (Å²) in [6.45, 7) is 3.47. The fraction of sp³-hybridized carbons (Fsp3) is 0.478. The van der Waals surface area contributed by atoms with E-state index in [-0.39, 0.29) is 6.16 Å². The summed E-state index contributed by atoms with van der Waals surface area (Å²) in [6, 6.07) is 14.8. The van der Waals surface area contributed by atoms with Crippen molar-refractivity contribution in [2.24, 2.45) is 0 Å². The van der Waals surface area contributed by atoms with E-state index in [1.54, 1.807) is 7.11 Å². The van der Waals surface area contributed by atoms with E-state index in [1.807, 2.05) is 23.9 Å². The third kappa shape index (κ3) is 10.1. The molecule has 5 nitrogen and oxygen atoms in total. The number of hydrogen-bond donors (Lipinski definition) is 3. The first kappa shape index (κ1) is 25.0. The Morgan fingerprint density at radius 2 is 1.73 bits per heavy atom. The lowest BCUT2D eigenvalue weighted by Gasteiger charge is -2.10. The third-order valence-electron chi connectivity index (χ3n) is 4.90. The van der Waals surface area contributed by atoms with E-state index < -0.39 is 7.60 Å².